The van der Waals surface area contributed by atoms with E-state index in [2.05, 4.69) is 11.8 Å². The van der Waals surface area contributed by atoms with E-state index in [0.29, 0.717) is 17.6 Å². The molecule has 70 valence electrons. The van der Waals surface area contributed by atoms with Gasteiger partial charge in [-0.05, 0) is 25.7 Å². The molecule has 0 spiro atoms. The van der Waals surface area contributed by atoms with E-state index >= 15 is 0 Å². The van der Waals surface area contributed by atoms with Crippen LogP contribution in [-0.2, 0) is 4.79 Å². The van der Waals surface area contributed by atoms with Crippen molar-refractivity contribution >= 4 is 5.78 Å². The number of carbonyl (C=O) groups is 1. The van der Waals surface area contributed by atoms with Crippen LogP contribution in [0.5, 0.6) is 0 Å². The average Bonchev–Trinajstić information content (AvgIpc) is 2.20. The molecule has 0 saturated heterocycles. The Kier molecular flexibility index (Phi) is 2.68. The third-order valence-corrected chi connectivity index (χ3v) is 3.19. The molecule has 0 aromatic carbocycles. The molecular formula is C12H16O. The van der Waals surface area contributed by atoms with Gasteiger partial charge in [0.25, 0.3) is 0 Å². The van der Waals surface area contributed by atoms with E-state index in [-0.39, 0.29) is 0 Å². The van der Waals surface area contributed by atoms with Gasteiger partial charge < -0.3 is 0 Å². The lowest BCUT2D eigenvalue weighted by Gasteiger charge is -2.26. The molecule has 2 unspecified atom stereocenters. The Balaban J connectivity index is 2.03. The molecule has 1 heteroatoms. The van der Waals surface area contributed by atoms with Gasteiger partial charge in [0, 0.05) is 24.7 Å². The van der Waals surface area contributed by atoms with E-state index in [4.69, 9.17) is 0 Å². The monoisotopic (exact) mass is 176 g/mol. The van der Waals surface area contributed by atoms with Gasteiger partial charge in [-0.2, -0.15) is 0 Å². The summed E-state index contributed by atoms with van der Waals surface area (Å²) in [6, 6.07) is 0. The lowest BCUT2D eigenvalue weighted by atomic mass is 9.76. The van der Waals surface area contributed by atoms with Crippen molar-refractivity contribution in [3.8, 4) is 11.8 Å². The molecule has 0 aliphatic heterocycles. The minimum Gasteiger partial charge on any atom is -0.299 e. The molecule has 0 amide bonds. The first-order valence-electron chi connectivity index (χ1n) is 5.39. The van der Waals surface area contributed by atoms with Gasteiger partial charge in [-0.25, -0.2) is 0 Å². The second kappa shape index (κ2) is 3.96. The normalized spacial score (nSPS) is 33.7. The number of ketones is 1. The van der Waals surface area contributed by atoms with Crippen LogP contribution in [0, 0.1) is 23.7 Å². The van der Waals surface area contributed by atoms with Gasteiger partial charge in [-0.1, -0.05) is 12.3 Å². The molecule has 0 aromatic rings. The van der Waals surface area contributed by atoms with Gasteiger partial charge in [0.1, 0.15) is 5.78 Å². The lowest BCUT2D eigenvalue weighted by Crippen LogP contribution is -2.27. The number of rotatable bonds is 1. The molecule has 2 rings (SSSR count). The molecule has 0 radical (unpaired) electrons. The predicted octanol–water partition coefficient (Wildman–Crippen LogP) is 2.55. The fourth-order valence-corrected chi connectivity index (χ4v) is 2.42. The first-order valence-corrected chi connectivity index (χ1v) is 5.39. The van der Waals surface area contributed by atoms with E-state index in [9.17, 15) is 4.79 Å². The zero-order valence-corrected chi connectivity index (χ0v) is 8.01. The summed E-state index contributed by atoms with van der Waals surface area (Å²) < 4.78 is 0. The zero-order valence-electron chi connectivity index (χ0n) is 8.01. The molecular weight excluding hydrogens is 160 g/mol. The summed E-state index contributed by atoms with van der Waals surface area (Å²) in [4.78, 5) is 11.6. The predicted molar refractivity (Wildman–Crippen MR) is 52.1 cm³/mol. The van der Waals surface area contributed by atoms with Gasteiger partial charge in [0.2, 0.25) is 0 Å². The minimum atomic E-state index is 0.293. The third-order valence-electron chi connectivity index (χ3n) is 3.19. The molecule has 1 nitrogen and oxygen atoms in total. The van der Waals surface area contributed by atoms with Gasteiger partial charge in [-0.3, -0.25) is 4.79 Å². The van der Waals surface area contributed by atoms with E-state index in [1.807, 2.05) is 0 Å². The molecule has 0 heterocycles. The lowest BCUT2D eigenvalue weighted by molar-refractivity contribution is -0.125. The van der Waals surface area contributed by atoms with Crippen molar-refractivity contribution in [2.24, 2.45) is 11.8 Å². The Morgan fingerprint density at radius 1 is 1.15 bits per heavy atom. The van der Waals surface area contributed by atoms with E-state index in [1.54, 1.807) is 0 Å². The first-order chi connectivity index (χ1) is 6.38. The van der Waals surface area contributed by atoms with Crippen LogP contribution in [0.3, 0.4) is 0 Å². The maximum atomic E-state index is 11.6. The van der Waals surface area contributed by atoms with Crippen LogP contribution in [-0.4, -0.2) is 5.78 Å². The Hall–Kier alpha value is -0.770. The van der Waals surface area contributed by atoms with Crippen LogP contribution in [0.2, 0.25) is 0 Å². The van der Waals surface area contributed by atoms with Crippen molar-refractivity contribution in [2.75, 3.05) is 0 Å². The highest BCUT2D eigenvalue weighted by molar-refractivity contribution is 5.82. The van der Waals surface area contributed by atoms with Crippen molar-refractivity contribution in [3.05, 3.63) is 0 Å². The molecule has 13 heavy (non-hydrogen) atoms. The summed E-state index contributed by atoms with van der Waals surface area (Å²) in [6.07, 6.45) is 7.63. The molecule has 1 fully saturated rings. The van der Waals surface area contributed by atoms with Crippen molar-refractivity contribution in [1.82, 2.24) is 0 Å². The standard InChI is InChI=1S/C12H16O/c13-12-9-5-4-8-11(12)10-6-2-1-3-7-10/h10-11H,1-2,4-6,8-9H2. The van der Waals surface area contributed by atoms with Crippen molar-refractivity contribution in [3.63, 3.8) is 0 Å². The third kappa shape index (κ3) is 1.94. The summed E-state index contributed by atoms with van der Waals surface area (Å²) in [5, 5.41) is 0. The fourth-order valence-electron chi connectivity index (χ4n) is 2.42. The summed E-state index contributed by atoms with van der Waals surface area (Å²) in [6.45, 7) is 0. The van der Waals surface area contributed by atoms with E-state index < -0.39 is 0 Å². The first kappa shape index (κ1) is 8.81. The van der Waals surface area contributed by atoms with Gasteiger partial charge in [-0.15, -0.1) is 5.92 Å². The average molecular weight is 176 g/mol. The Morgan fingerprint density at radius 3 is 2.77 bits per heavy atom. The minimum absolute atomic E-state index is 0.293. The van der Waals surface area contributed by atoms with Crippen LogP contribution in [0.1, 0.15) is 44.9 Å². The van der Waals surface area contributed by atoms with Crippen LogP contribution < -0.4 is 0 Å². The number of hydrogen-bond acceptors (Lipinski definition) is 1. The van der Waals surface area contributed by atoms with Gasteiger partial charge >= 0.3 is 0 Å². The van der Waals surface area contributed by atoms with Crippen LogP contribution >= 0.6 is 0 Å². The van der Waals surface area contributed by atoms with Gasteiger partial charge in [0.15, 0.2) is 0 Å². The summed E-state index contributed by atoms with van der Waals surface area (Å²) in [7, 11) is 0. The molecule has 1 saturated carbocycles. The van der Waals surface area contributed by atoms with E-state index in [1.165, 1.54) is 12.8 Å². The fraction of sp³-hybridized carbons (Fsp3) is 0.750. The van der Waals surface area contributed by atoms with Crippen molar-refractivity contribution in [1.29, 1.82) is 0 Å². The Labute approximate surface area is 79.9 Å². The topological polar surface area (TPSA) is 17.1 Å². The molecule has 0 N–H and O–H groups in total. The SMILES string of the molecule is O=C1CCCCC1C1C#CCCC1. The van der Waals surface area contributed by atoms with Crippen molar-refractivity contribution < 1.29 is 4.79 Å². The molecule has 2 aliphatic rings. The van der Waals surface area contributed by atoms with Crippen molar-refractivity contribution in [2.45, 2.75) is 44.9 Å². The smallest absolute Gasteiger partial charge is 0.137 e. The van der Waals surface area contributed by atoms with Crippen LogP contribution in [0.4, 0.5) is 0 Å². The number of carbonyl (C=O) groups excluding carboxylic acids is 1. The molecule has 2 aliphatic carbocycles. The highest BCUT2D eigenvalue weighted by atomic mass is 16.1. The maximum Gasteiger partial charge on any atom is 0.137 e. The molecule has 0 bridgehead atoms. The maximum absolute atomic E-state index is 11.6. The quantitative estimate of drug-likeness (QED) is 0.561. The van der Waals surface area contributed by atoms with Gasteiger partial charge in [0.05, 0.1) is 0 Å². The second-order valence-corrected chi connectivity index (χ2v) is 4.14. The second-order valence-electron chi connectivity index (χ2n) is 4.14. The highest BCUT2D eigenvalue weighted by Gasteiger charge is 2.29. The Bertz CT molecular complexity index is 256. The number of hydrogen-bond donors (Lipinski definition) is 0. The van der Waals surface area contributed by atoms with Crippen LogP contribution in [0.15, 0.2) is 0 Å². The number of Topliss-reactive ketones (excluding diaryl/α,β-unsaturated/α-hetero) is 1. The summed E-state index contributed by atoms with van der Waals surface area (Å²) in [5.74, 6) is 7.58. The largest absolute Gasteiger partial charge is 0.299 e. The molecule has 0 aromatic heterocycles. The zero-order chi connectivity index (χ0) is 9.10. The Morgan fingerprint density at radius 2 is 2.08 bits per heavy atom. The van der Waals surface area contributed by atoms with E-state index in [0.717, 1.165) is 32.1 Å². The highest BCUT2D eigenvalue weighted by Crippen LogP contribution is 2.31. The van der Waals surface area contributed by atoms with Crippen LogP contribution in [0.25, 0.3) is 0 Å². The summed E-state index contributed by atoms with van der Waals surface area (Å²) in [5.41, 5.74) is 0. The summed E-state index contributed by atoms with van der Waals surface area (Å²) >= 11 is 0. The molecule has 2 atom stereocenters.